The Hall–Kier alpha value is -0.900. The Balaban J connectivity index is 2.67. The van der Waals surface area contributed by atoms with Crippen LogP contribution in [0.15, 0.2) is 23.9 Å². The van der Waals surface area contributed by atoms with Crippen LogP contribution in [-0.4, -0.2) is 29.8 Å². The van der Waals surface area contributed by atoms with Gasteiger partial charge in [-0.05, 0) is 11.3 Å². The van der Waals surface area contributed by atoms with Gasteiger partial charge >= 0.3 is 5.97 Å². The van der Waals surface area contributed by atoms with Crippen molar-refractivity contribution in [2.75, 3.05) is 13.7 Å². The first-order valence-corrected chi connectivity index (χ1v) is 5.85. The third-order valence-electron chi connectivity index (χ3n) is 2.30. The van der Waals surface area contributed by atoms with Crippen LogP contribution in [0, 0.1) is 5.92 Å². The molecule has 0 radical (unpaired) electrons. The van der Waals surface area contributed by atoms with E-state index >= 15 is 0 Å². The smallest absolute Gasteiger partial charge is 0.325 e. The van der Waals surface area contributed by atoms with Crippen molar-refractivity contribution < 1.29 is 9.53 Å². The molecule has 0 aliphatic carbocycles. The second kappa shape index (κ2) is 5.26. The van der Waals surface area contributed by atoms with Crippen molar-refractivity contribution in [3.8, 4) is 0 Å². The van der Waals surface area contributed by atoms with Gasteiger partial charge in [-0.15, -0.1) is 11.8 Å². The van der Waals surface area contributed by atoms with Gasteiger partial charge in [0.05, 0.1) is 12.4 Å². The van der Waals surface area contributed by atoms with Crippen LogP contribution in [0.4, 0.5) is 0 Å². The summed E-state index contributed by atoms with van der Waals surface area (Å²) in [6.07, 6.45) is 1.88. The zero-order valence-corrected chi connectivity index (χ0v) is 10.2. The lowest BCUT2D eigenvalue weighted by Gasteiger charge is -2.32. The summed E-state index contributed by atoms with van der Waals surface area (Å²) in [5.41, 5.74) is 0.975. The second-order valence-corrected chi connectivity index (χ2v) is 4.83. The highest BCUT2D eigenvalue weighted by Crippen LogP contribution is 2.32. The SMILES string of the molecule is C=C1C(C(C)C)SC=CN1CC(=O)OC. The molecule has 1 rings (SSSR count). The molecule has 0 amide bonds. The molecule has 0 fully saturated rings. The number of nitrogens with zero attached hydrogens (tertiary/aromatic N) is 1. The van der Waals surface area contributed by atoms with E-state index in [0.717, 1.165) is 5.70 Å². The standard InChI is InChI=1S/C11H17NO2S/c1-8(2)11-9(3)12(5-6-15-11)7-10(13)14-4/h5-6,8,11H,3,7H2,1-2,4H3. The van der Waals surface area contributed by atoms with Crippen LogP contribution < -0.4 is 0 Å². The van der Waals surface area contributed by atoms with E-state index < -0.39 is 0 Å². The first-order valence-electron chi connectivity index (χ1n) is 4.90. The highest BCUT2D eigenvalue weighted by molar-refractivity contribution is 8.03. The lowest BCUT2D eigenvalue weighted by atomic mass is 10.1. The molecule has 1 aliphatic heterocycles. The van der Waals surface area contributed by atoms with E-state index in [1.165, 1.54) is 7.11 Å². The molecule has 84 valence electrons. The third-order valence-corrected chi connectivity index (χ3v) is 3.68. The number of thioether (sulfide) groups is 1. The van der Waals surface area contributed by atoms with Gasteiger partial charge in [0.15, 0.2) is 0 Å². The Morgan fingerprint density at radius 1 is 1.73 bits per heavy atom. The Labute approximate surface area is 95.2 Å². The van der Waals surface area contributed by atoms with Crippen LogP contribution in [0.1, 0.15) is 13.8 Å². The molecular formula is C11H17NO2S. The molecule has 0 saturated heterocycles. The second-order valence-electron chi connectivity index (χ2n) is 3.78. The third kappa shape index (κ3) is 3.02. The van der Waals surface area contributed by atoms with Crippen LogP contribution in [0.2, 0.25) is 0 Å². The van der Waals surface area contributed by atoms with Crippen molar-refractivity contribution in [1.82, 2.24) is 4.90 Å². The maximum Gasteiger partial charge on any atom is 0.325 e. The fourth-order valence-electron chi connectivity index (χ4n) is 1.43. The van der Waals surface area contributed by atoms with Crippen LogP contribution in [0.25, 0.3) is 0 Å². The zero-order chi connectivity index (χ0) is 11.4. The van der Waals surface area contributed by atoms with Crippen molar-refractivity contribution in [2.45, 2.75) is 19.1 Å². The molecule has 0 aromatic rings. The van der Waals surface area contributed by atoms with Crippen LogP contribution in [-0.2, 0) is 9.53 Å². The summed E-state index contributed by atoms with van der Waals surface area (Å²) in [6, 6.07) is 0. The molecule has 1 unspecified atom stereocenters. The van der Waals surface area contributed by atoms with Crippen molar-refractivity contribution in [2.24, 2.45) is 5.92 Å². The van der Waals surface area contributed by atoms with Crippen LogP contribution >= 0.6 is 11.8 Å². The van der Waals surface area contributed by atoms with Crippen molar-refractivity contribution in [3.05, 3.63) is 23.9 Å². The predicted octanol–water partition coefficient (Wildman–Crippen LogP) is 2.22. The number of ether oxygens (including phenoxy) is 1. The fraction of sp³-hybridized carbons (Fsp3) is 0.545. The average molecular weight is 227 g/mol. The molecule has 0 aromatic heterocycles. The van der Waals surface area contributed by atoms with Crippen molar-refractivity contribution in [3.63, 3.8) is 0 Å². The average Bonchev–Trinajstić information content (AvgIpc) is 2.20. The maximum absolute atomic E-state index is 11.2. The Bertz CT molecular complexity index is 286. The largest absolute Gasteiger partial charge is 0.468 e. The Morgan fingerprint density at radius 3 is 2.93 bits per heavy atom. The maximum atomic E-state index is 11.2. The molecule has 3 nitrogen and oxygen atoms in total. The molecule has 4 heteroatoms. The number of esters is 1. The van der Waals surface area contributed by atoms with Crippen molar-refractivity contribution >= 4 is 17.7 Å². The zero-order valence-electron chi connectivity index (χ0n) is 9.40. The summed E-state index contributed by atoms with van der Waals surface area (Å²) < 4.78 is 4.63. The minimum Gasteiger partial charge on any atom is -0.468 e. The number of hydrogen-bond donors (Lipinski definition) is 0. The molecule has 0 saturated carbocycles. The molecule has 0 spiro atoms. The topological polar surface area (TPSA) is 29.5 Å². The molecule has 1 aliphatic rings. The summed E-state index contributed by atoms with van der Waals surface area (Å²) in [5.74, 6) is 0.266. The van der Waals surface area contributed by atoms with E-state index in [9.17, 15) is 4.79 Å². The van der Waals surface area contributed by atoms with Gasteiger partial charge in [0.2, 0.25) is 0 Å². The monoisotopic (exact) mass is 227 g/mol. The van der Waals surface area contributed by atoms with Gasteiger partial charge in [0, 0.05) is 11.9 Å². The lowest BCUT2D eigenvalue weighted by Crippen LogP contribution is -2.33. The fourth-order valence-corrected chi connectivity index (χ4v) is 2.42. The van der Waals surface area contributed by atoms with Crippen molar-refractivity contribution in [1.29, 1.82) is 0 Å². The van der Waals surface area contributed by atoms with Gasteiger partial charge in [-0.3, -0.25) is 4.79 Å². The quantitative estimate of drug-likeness (QED) is 0.691. The van der Waals surface area contributed by atoms with Gasteiger partial charge in [-0.2, -0.15) is 0 Å². The van der Waals surface area contributed by atoms with E-state index in [2.05, 4.69) is 25.2 Å². The summed E-state index contributed by atoms with van der Waals surface area (Å²) in [7, 11) is 1.40. The van der Waals surface area contributed by atoms with E-state index in [1.807, 2.05) is 16.5 Å². The molecule has 0 aromatic carbocycles. The van der Waals surface area contributed by atoms with Gasteiger partial charge in [-0.1, -0.05) is 20.4 Å². The molecular weight excluding hydrogens is 210 g/mol. The number of carbonyl (C=O) groups is 1. The lowest BCUT2D eigenvalue weighted by molar-refractivity contribution is -0.140. The van der Waals surface area contributed by atoms with Gasteiger partial charge in [-0.25, -0.2) is 0 Å². The van der Waals surface area contributed by atoms with E-state index in [1.54, 1.807) is 11.8 Å². The van der Waals surface area contributed by atoms with Gasteiger partial charge in [0.25, 0.3) is 0 Å². The van der Waals surface area contributed by atoms with E-state index in [-0.39, 0.29) is 12.5 Å². The minimum atomic E-state index is -0.241. The Morgan fingerprint density at radius 2 is 2.40 bits per heavy atom. The summed E-state index contributed by atoms with van der Waals surface area (Å²) in [5, 5.41) is 2.35. The first kappa shape index (κ1) is 12.2. The number of rotatable bonds is 3. The molecule has 0 N–H and O–H groups in total. The van der Waals surface area contributed by atoms with E-state index in [0.29, 0.717) is 11.2 Å². The van der Waals surface area contributed by atoms with Crippen LogP contribution in [0.5, 0.6) is 0 Å². The molecule has 0 bridgehead atoms. The first-order chi connectivity index (χ1) is 7.06. The van der Waals surface area contributed by atoms with Gasteiger partial charge in [0.1, 0.15) is 6.54 Å². The minimum absolute atomic E-state index is 0.241. The Kier molecular flexibility index (Phi) is 4.27. The summed E-state index contributed by atoms with van der Waals surface area (Å²) >= 11 is 1.74. The summed E-state index contributed by atoms with van der Waals surface area (Å²) in [6.45, 7) is 8.58. The van der Waals surface area contributed by atoms with Crippen LogP contribution in [0.3, 0.4) is 0 Å². The normalized spacial score (nSPS) is 20.9. The predicted molar refractivity (Wildman–Crippen MR) is 63.2 cm³/mol. The van der Waals surface area contributed by atoms with E-state index in [4.69, 9.17) is 0 Å². The number of hydrogen-bond acceptors (Lipinski definition) is 4. The summed E-state index contributed by atoms with van der Waals surface area (Å²) in [4.78, 5) is 13.0. The molecule has 15 heavy (non-hydrogen) atoms. The molecule has 1 atom stereocenters. The molecule has 1 heterocycles. The number of methoxy groups -OCH3 is 1. The number of carbonyl (C=O) groups excluding carboxylic acids is 1. The highest BCUT2D eigenvalue weighted by Gasteiger charge is 2.24. The highest BCUT2D eigenvalue weighted by atomic mass is 32.2. The van der Waals surface area contributed by atoms with Gasteiger partial charge < -0.3 is 9.64 Å².